The summed E-state index contributed by atoms with van der Waals surface area (Å²) >= 11 is 0. The van der Waals surface area contributed by atoms with Crippen LogP contribution in [0.15, 0.2) is 24.7 Å². The highest BCUT2D eigenvalue weighted by molar-refractivity contribution is 6.09. The average Bonchev–Trinajstić information content (AvgIpc) is 3.23. The number of fused-ring (bicyclic) bond motifs is 3. The van der Waals surface area contributed by atoms with Crippen molar-refractivity contribution in [2.24, 2.45) is 0 Å². The molecule has 8 nitrogen and oxygen atoms in total. The lowest BCUT2D eigenvalue weighted by Gasteiger charge is -2.20. The third-order valence-electron chi connectivity index (χ3n) is 4.29. The first-order chi connectivity index (χ1) is 11.8. The normalized spacial score (nSPS) is 17.3. The third-order valence-corrected chi connectivity index (χ3v) is 4.29. The second kappa shape index (κ2) is 5.77. The number of carbonyl (C=O) groups excluding carboxylic acids is 1. The van der Waals surface area contributed by atoms with E-state index >= 15 is 0 Å². The first-order valence-corrected chi connectivity index (χ1v) is 7.75. The van der Waals surface area contributed by atoms with E-state index in [0.29, 0.717) is 6.54 Å². The number of aromatic amines is 1. The Morgan fingerprint density at radius 1 is 1.46 bits per heavy atom. The van der Waals surface area contributed by atoms with Crippen LogP contribution in [0.4, 0.5) is 5.69 Å². The molecule has 1 unspecified atom stereocenters. The summed E-state index contributed by atoms with van der Waals surface area (Å²) in [6, 6.07) is 3.90. The van der Waals surface area contributed by atoms with Crippen LogP contribution in [0.25, 0.3) is 21.9 Å². The fraction of sp³-hybridized carbons (Fsp3) is 0.312. The minimum Gasteiger partial charge on any atom is -0.368 e. The van der Waals surface area contributed by atoms with Crippen molar-refractivity contribution in [3.63, 3.8) is 0 Å². The second-order valence-corrected chi connectivity index (χ2v) is 5.83. The fourth-order valence-electron chi connectivity index (χ4n) is 3.23. The molecule has 4 heterocycles. The molecular weight excluding hydrogens is 306 g/mol. The van der Waals surface area contributed by atoms with Gasteiger partial charge in [-0.3, -0.25) is 9.78 Å². The Morgan fingerprint density at radius 3 is 3.25 bits per heavy atom. The lowest BCUT2D eigenvalue weighted by molar-refractivity contribution is -0.120. The van der Waals surface area contributed by atoms with Crippen LogP contribution in [0, 0.1) is 11.3 Å². The molecule has 1 amide bonds. The van der Waals surface area contributed by atoms with E-state index in [0.717, 1.165) is 40.6 Å². The Balaban J connectivity index is 1.67. The Bertz CT molecular complexity index is 958. The molecule has 24 heavy (non-hydrogen) atoms. The van der Waals surface area contributed by atoms with Crippen molar-refractivity contribution in [2.45, 2.75) is 18.9 Å². The highest BCUT2D eigenvalue weighted by atomic mass is 16.1. The van der Waals surface area contributed by atoms with Gasteiger partial charge in [0.25, 0.3) is 0 Å². The van der Waals surface area contributed by atoms with Gasteiger partial charge in [-0.2, -0.15) is 5.26 Å². The molecule has 1 aliphatic heterocycles. The van der Waals surface area contributed by atoms with Crippen LogP contribution in [0.3, 0.4) is 0 Å². The van der Waals surface area contributed by atoms with Crippen molar-refractivity contribution in [3.8, 4) is 6.07 Å². The number of anilines is 1. The summed E-state index contributed by atoms with van der Waals surface area (Å²) in [6.07, 6.45) is 6.11. The maximum absolute atomic E-state index is 11.6. The van der Waals surface area contributed by atoms with Gasteiger partial charge < -0.3 is 15.2 Å². The third kappa shape index (κ3) is 2.40. The van der Waals surface area contributed by atoms with Gasteiger partial charge in [0.15, 0.2) is 5.65 Å². The summed E-state index contributed by atoms with van der Waals surface area (Å²) in [5.41, 5.74) is 2.48. The van der Waals surface area contributed by atoms with Gasteiger partial charge in [0.1, 0.15) is 11.9 Å². The SMILES string of the molecule is N#CCC(=O)NC1CCN(c2cncc3nnc4[nH]ccc4c23)C1. The zero-order chi connectivity index (χ0) is 16.5. The number of amides is 1. The van der Waals surface area contributed by atoms with Crippen LogP contribution in [0.1, 0.15) is 12.8 Å². The lowest BCUT2D eigenvalue weighted by atomic mass is 10.1. The van der Waals surface area contributed by atoms with Crippen LogP contribution in [-0.4, -0.2) is 45.2 Å². The van der Waals surface area contributed by atoms with Crippen molar-refractivity contribution in [2.75, 3.05) is 18.0 Å². The van der Waals surface area contributed by atoms with Gasteiger partial charge in [-0.15, -0.1) is 10.2 Å². The average molecular weight is 321 g/mol. The van der Waals surface area contributed by atoms with E-state index in [1.54, 1.807) is 6.20 Å². The quantitative estimate of drug-likeness (QED) is 0.748. The molecule has 1 aliphatic rings. The number of pyridine rings is 1. The molecular formula is C16H15N7O. The molecule has 0 bridgehead atoms. The van der Waals surface area contributed by atoms with Crippen LogP contribution < -0.4 is 10.2 Å². The first-order valence-electron chi connectivity index (χ1n) is 7.75. The standard InChI is InChI=1S/C16H15N7O/c17-4-1-14(24)20-10-3-6-23(9-10)13-8-18-7-12-15(13)11-2-5-19-16(11)22-21-12/h2,5,7-8,10H,1,3,6,9H2,(H,19,22)(H,20,24). The van der Waals surface area contributed by atoms with E-state index < -0.39 is 0 Å². The zero-order valence-electron chi connectivity index (χ0n) is 12.9. The molecule has 3 aromatic heterocycles. The highest BCUT2D eigenvalue weighted by Crippen LogP contribution is 2.32. The van der Waals surface area contributed by atoms with Gasteiger partial charge in [-0.05, 0) is 12.5 Å². The van der Waals surface area contributed by atoms with E-state index in [-0.39, 0.29) is 18.4 Å². The number of aromatic nitrogens is 4. The minimum absolute atomic E-state index is 0.0395. The van der Waals surface area contributed by atoms with Crippen molar-refractivity contribution >= 4 is 33.5 Å². The molecule has 1 fully saturated rings. The summed E-state index contributed by atoms with van der Waals surface area (Å²) in [4.78, 5) is 21.2. The van der Waals surface area contributed by atoms with E-state index in [9.17, 15) is 4.79 Å². The molecule has 1 saturated heterocycles. The Kier molecular flexibility index (Phi) is 3.46. The van der Waals surface area contributed by atoms with Crippen LogP contribution in [0.2, 0.25) is 0 Å². The summed E-state index contributed by atoms with van der Waals surface area (Å²) in [6.45, 7) is 1.50. The van der Waals surface area contributed by atoms with E-state index in [1.807, 2.05) is 24.5 Å². The first kappa shape index (κ1) is 14.4. The van der Waals surface area contributed by atoms with Crippen molar-refractivity contribution in [1.29, 1.82) is 5.26 Å². The van der Waals surface area contributed by atoms with Gasteiger partial charge >= 0.3 is 0 Å². The molecule has 0 aromatic carbocycles. The largest absolute Gasteiger partial charge is 0.368 e. The smallest absolute Gasteiger partial charge is 0.234 e. The topological polar surface area (TPSA) is 111 Å². The number of nitriles is 1. The van der Waals surface area contributed by atoms with E-state index in [4.69, 9.17) is 5.26 Å². The molecule has 4 rings (SSSR count). The zero-order valence-corrected chi connectivity index (χ0v) is 12.9. The number of nitrogens with zero attached hydrogens (tertiary/aromatic N) is 5. The summed E-state index contributed by atoms with van der Waals surface area (Å²) in [5, 5.41) is 21.9. The molecule has 0 spiro atoms. The Labute approximate surface area is 137 Å². The van der Waals surface area contributed by atoms with Crippen molar-refractivity contribution in [3.05, 3.63) is 24.7 Å². The molecule has 0 saturated carbocycles. The molecule has 8 heteroatoms. The molecule has 0 aliphatic carbocycles. The van der Waals surface area contributed by atoms with E-state index in [2.05, 4.69) is 30.4 Å². The summed E-state index contributed by atoms with van der Waals surface area (Å²) in [7, 11) is 0. The van der Waals surface area contributed by atoms with Crippen LogP contribution in [0.5, 0.6) is 0 Å². The number of hydrogen-bond acceptors (Lipinski definition) is 6. The number of H-pyrrole nitrogens is 1. The molecule has 3 aromatic rings. The maximum Gasteiger partial charge on any atom is 0.234 e. The van der Waals surface area contributed by atoms with Crippen molar-refractivity contribution < 1.29 is 4.79 Å². The lowest BCUT2D eigenvalue weighted by Crippen LogP contribution is -2.36. The van der Waals surface area contributed by atoms with Crippen LogP contribution in [-0.2, 0) is 4.79 Å². The number of carbonyl (C=O) groups is 1. The molecule has 2 N–H and O–H groups in total. The predicted molar refractivity (Wildman–Crippen MR) is 88.2 cm³/mol. The van der Waals surface area contributed by atoms with Gasteiger partial charge in [0.05, 0.1) is 24.2 Å². The highest BCUT2D eigenvalue weighted by Gasteiger charge is 2.26. The molecule has 1 atom stereocenters. The Morgan fingerprint density at radius 2 is 2.38 bits per heavy atom. The number of nitrogens with one attached hydrogen (secondary N) is 2. The molecule has 0 radical (unpaired) electrons. The Hall–Kier alpha value is -3.21. The van der Waals surface area contributed by atoms with Crippen molar-refractivity contribution in [1.82, 2.24) is 25.5 Å². The minimum atomic E-state index is -0.223. The molecule has 120 valence electrons. The monoisotopic (exact) mass is 321 g/mol. The van der Waals surface area contributed by atoms with Gasteiger partial charge in [0, 0.05) is 36.1 Å². The van der Waals surface area contributed by atoms with Crippen LogP contribution >= 0.6 is 0 Å². The summed E-state index contributed by atoms with van der Waals surface area (Å²) in [5.74, 6) is -0.223. The van der Waals surface area contributed by atoms with Gasteiger partial charge in [0.2, 0.25) is 5.91 Å². The number of hydrogen-bond donors (Lipinski definition) is 2. The van der Waals surface area contributed by atoms with Gasteiger partial charge in [-0.25, -0.2) is 0 Å². The van der Waals surface area contributed by atoms with E-state index in [1.165, 1.54) is 0 Å². The number of rotatable bonds is 3. The fourth-order valence-corrected chi connectivity index (χ4v) is 3.23. The maximum atomic E-state index is 11.6. The second-order valence-electron chi connectivity index (χ2n) is 5.83. The summed E-state index contributed by atoms with van der Waals surface area (Å²) < 4.78 is 0. The predicted octanol–water partition coefficient (Wildman–Crippen LogP) is 1.11. The van der Waals surface area contributed by atoms with Gasteiger partial charge in [-0.1, -0.05) is 0 Å².